The largest absolute Gasteiger partial charge is 0.464 e. The molecule has 4 rings (SSSR count). The zero-order valence-electron chi connectivity index (χ0n) is 20.8. The van der Waals surface area contributed by atoms with E-state index in [2.05, 4.69) is 31.0 Å². The molecule has 2 aromatic carbocycles. The Balaban J connectivity index is 1.71. The molecule has 0 spiro atoms. The molecule has 0 aromatic heterocycles. The van der Waals surface area contributed by atoms with Crippen LogP contribution in [0.2, 0.25) is 0 Å². The number of carbonyl (C=O) groups excluding carboxylic acids is 2. The van der Waals surface area contributed by atoms with E-state index in [9.17, 15) is 9.59 Å². The van der Waals surface area contributed by atoms with Gasteiger partial charge in [-0.25, -0.2) is 0 Å². The minimum atomic E-state index is -0.650. The summed E-state index contributed by atoms with van der Waals surface area (Å²) in [5.74, 6) is 0.528. The van der Waals surface area contributed by atoms with Crippen LogP contribution in [0.4, 0.5) is 5.69 Å². The highest BCUT2D eigenvalue weighted by Crippen LogP contribution is 2.47. The molecule has 1 aliphatic carbocycles. The van der Waals surface area contributed by atoms with Crippen molar-refractivity contribution in [2.24, 2.45) is 5.92 Å². The number of ketones is 1. The molecule has 1 heterocycles. The first-order valence-electron chi connectivity index (χ1n) is 12.2. The molecule has 1 aliphatic heterocycles. The molecule has 6 heteroatoms. The number of benzene rings is 2. The predicted molar refractivity (Wildman–Crippen MR) is 144 cm³/mol. The lowest BCUT2D eigenvalue weighted by atomic mass is 9.69. The van der Waals surface area contributed by atoms with Gasteiger partial charge >= 0.3 is 5.97 Å². The fraction of sp³-hybridized carbons (Fsp3) is 0.379. The Morgan fingerprint density at radius 2 is 1.80 bits per heavy atom. The molecule has 0 saturated carbocycles. The van der Waals surface area contributed by atoms with Gasteiger partial charge in [-0.3, -0.25) is 9.59 Å². The van der Waals surface area contributed by atoms with Crippen molar-refractivity contribution in [2.45, 2.75) is 31.6 Å². The highest BCUT2D eigenvalue weighted by Gasteiger charge is 2.45. The van der Waals surface area contributed by atoms with Gasteiger partial charge < -0.3 is 15.0 Å². The van der Waals surface area contributed by atoms with Gasteiger partial charge in [0.25, 0.3) is 0 Å². The van der Waals surface area contributed by atoms with Gasteiger partial charge in [0.15, 0.2) is 5.78 Å². The fourth-order valence-corrected chi connectivity index (χ4v) is 5.55. The van der Waals surface area contributed by atoms with Gasteiger partial charge in [0.2, 0.25) is 0 Å². The zero-order chi connectivity index (χ0) is 24.9. The number of thioether (sulfide) groups is 1. The molecule has 35 heavy (non-hydrogen) atoms. The first-order chi connectivity index (χ1) is 16.9. The van der Waals surface area contributed by atoms with Crippen molar-refractivity contribution in [1.29, 1.82) is 0 Å². The highest BCUT2D eigenvalue weighted by molar-refractivity contribution is 7.99. The molecule has 184 valence electrons. The number of hydrogen-bond acceptors (Lipinski definition) is 6. The molecule has 0 fully saturated rings. The second kappa shape index (κ2) is 11.2. The Hall–Kier alpha value is -2.99. The lowest BCUT2D eigenvalue weighted by Gasteiger charge is -2.40. The lowest BCUT2D eigenvalue weighted by molar-refractivity contribution is -0.147. The molecule has 3 unspecified atom stereocenters. The van der Waals surface area contributed by atoms with Crippen LogP contribution in [-0.4, -0.2) is 44.0 Å². The zero-order valence-corrected chi connectivity index (χ0v) is 21.6. The van der Waals surface area contributed by atoms with Crippen LogP contribution in [0.3, 0.4) is 0 Å². The predicted octanol–water partition coefficient (Wildman–Crippen LogP) is 5.27. The van der Waals surface area contributed by atoms with Gasteiger partial charge in [0.1, 0.15) is 12.5 Å². The summed E-state index contributed by atoms with van der Waals surface area (Å²) in [5, 5.41) is 3.36. The van der Waals surface area contributed by atoms with E-state index in [4.69, 9.17) is 4.74 Å². The van der Waals surface area contributed by atoms with Gasteiger partial charge in [-0.1, -0.05) is 56.0 Å². The van der Waals surface area contributed by atoms with E-state index >= 15 is 0 Å². The van der Waals surface area contributed by atoms with Gasteiger partial charge in [-0.2, -0.15) is 11.8 Å². The summed E-state index contributed by atoms with van der Waals surface area (Å²) >= 11 is 1.73. The number of nitrogens with zero attached hydrogens (tertiary/aromatic N) is 1. The van der Waals surface area contributed by atoms with Crippen molar-refractivity contribution in [1.82, 2.24) is 5.32 Å². The van der Waals surface area contributed by atoms with E-state index in [0.29, 0.717) is 30.7 Å². The Labute approximate surface area is 212 Å². The summed E-state index contributed by atoms with van der Waals surface area (Å²) in [6.07, 6.45) is 1.14. The van der Waals surface area contributed by atoms with Crippen molar-refractivity contribution in [3.63, 3.8) is 0 Å². The summed E-state index contributed by atoms with van der Waals surface area (Å²) in [6, 6.07) is 18.3. The molecule has 0 saturated heterocycles. The molecule has 2 aromatic rings. The van der Waals surface area contributed by atoms with Crippen molar-refractivity contribution in [3.8, 4) is 0 Å². The van der Waals surface area contributed by atoms with Gasteiger partial charge in [0.05, 0.1) is 0 Å². The monoisotopic (exact) mass is 490 g/mol. The first kappa shape index (κ1) is 25.1. The van der Waals surface area contributed by atoms with Crippen LogP contribution in [0.5, 0.6) is 0 Å². The molecule has 5 nitrogen and oxygen atoms in total. The smallest absolute Gasteiger partial charge is 0.315 e. The number of anilines is 1. The normalized spacial score (nSPS) is 21.9. The van der Waals surface area contributed by atoms with Crippen LogP contribution in [0, 0.1) is 5.92 Å². The first-order valence-corrected chi connectivity index (χ1v) is 13.3. The summed E-state index contributed by atoms with van der Waals surface area (Å²) in [6.45, 7) is 6.66. The van der Waals surface area contributed by atoms with E-state index < -0.39 is 11.8 Å². The maximum atomic E-state index is 13.7. The number of hydrogen-bond donors (Lipinski definition) is 1. The molecule has 2 aliphatic rings. The maximum Gasteiger partial charge on any atom is 0.315 e. The molecule has 0 radical (unpaired) electrons. The number of esters is 1. The summed E-state index contributed by atoms with van der Waals surface area (Å²) in [5.41, 5.74) is 5.33. The van der Waals surface area contributed by atoms with Crippen LogP contribution in [0.15, 0.2) is 78.1 Å². The quantitative estimate of drug-likeness (QED) is 0.402. The number of rotatable bonds is 8. The Bertz CT molecular complexity index is 1110. The third-order valence-electron chi connectivity index (χ3n) is 6.81. The van der Waals surface area contributed by atoms with Crippen LogP contribution in [0.25, 0.3) is 0 Å². The summed E-state index contributed by atoms with van der Waals surface area (Å²) in [7, 11) is 3.98. The van der Waals surface area contributed by atoms with Crippen molar-refractivity contribution in [2.75, 3.05) is 37.1 Å². The van der Waals surface area contributed by atoms with Crippen molar-refractivity contribution >= 4 is 29.2 Å². The van der Waals surface area contributed by atoms with Gasteiger partial charge in [-0.05, 0) is 41.4 Å². The minimum Gasteiger partial charge on any atom is -0.464 e. The number of carbonyl (C=O) groups is 2. The molecule has 3 atom stereocenters. The Kier molecular flexibility index (Phi) is 8.01. The average Bonchev–Trinajstić information content (AvgIpc) is 2.86. The van der Waals surface area contributed by atoms with E-state index in [1.807, 2.05) is 61.5 Å². The third-order valence-corrected chi connectivity index (χ3v) is 7.67. The van der Waals surface area contributed by atoms with Crippen LogP contribution in [-0.2, 0) is 14.3 Å². The van der Waals surface area contributed by atoms with Crippen LogP contribution >= 0.6 is 11.8 Å². The molecular weight excluding hydrogens is 456 g/mol. The lowest BCUT2D eigenvalue weighted by Crippen LogP contribution is -2.42. The third kappa shape index (κ3) is 5.48. The number of ether oxygens (including phenoxy) is 1. The van der Waals surface area contributed by atoms with Gasteiger partial charge in [-0.15, -0.1) is 0 Å². The maximum absolute atomic E-state index is 13.7. The van der Waals surface area contributed by atoms with Crippen molar-refractivity contribution in [3.05, 3.63) is 89.3 Å². The second-order valence-electron chi connectivity index (χ2n) is 9.29. The molecule has 0 amide bonds. The Morgan fingerprint density at radius 3 is 2.46 bits per heavy atom. The standard InChI is InChI=1S/C29H34N2O3S/c1-5-35-16-15-34-29(33)26-19(2)30-24-17-22(20-9-7-6-8-10-20)18-25(32)28(24)27(26)21-11-13-23(14-12-21)31(3)4/h6-14,22,26-27,30H,2,5,15-18H2,1,3-4H3. The second-order valence-corrected chi connectivity index (χ2v) is 10.7. The van der Waals surface area contributed by atoms with Crippen molar-refractivity contribution < 1.29 is 14.3 Å². The van der Waals surface area contributed by atoms with E-state index in [1.54, 1.807) is 11.8 Å². The van der Waals surface area contributed by atoms with Crippen LogP contribution in [0.1, 0.15) is 42.7 Å². The number of Topliss-reactive ketones (excluding diaryl/α,β-unsaturated/α-hetero) is 1. The minimum absolute atomic E-state index is 0.0844. The topological polar surface area (TPSA) is 58.6 Å². The summed E-state index contributed by atoms with van der Waals surface area (Å²) < 4.78 is 5.67. The van der Waals surface area contributed by atoms with Gasteiger partial charge in [0, 0.05) is 54.8 Å². The summed E-state index contributed by atoms with van der Waals surface area (Å²) in [4.78, 5) is 29.0. The molecular formula is C29H34N2O3S. The Morgan fingerprint density at radius 1 is 1.09 bits per heavy atom. The molecule has 0 bridgehead atoms. The number of allylic oxidation sites excluding steroid dienone is 2. The molecule has 1 N–H and O–H groups in total. The average molecular weight is 491 g/mol. The SMILES string of the molecule is C=C1NC2=C(C(=O)CC(c3ccccc3)C2)C(c2ccc(N(C)C)cc2)C1C(=O)OCCSCC. The van der Waals surface area contributed by atoms with E-state index in [1.165, 1.54) is 0 Å². The fourth-order valence-electron chi connectivity index (χ4n) is 5.06. The van der Waals surface area contributed by atoms with E-state index in [-0.39, 0.29) is 17.7 Å². The van der Waals surface area contributed by atoms with Crippen LogP contribution < -0.4 is 10.2 Å². The number of nitrogens with one attached hydrogen (secondary N) is 1. The highest BCUT2D eigenvalue weighted by atomic mass is 32.2. The van der Waals surface area contributed by atoms with E-state index in [0.717, 1.165) is 34.0 Å².